The predicted octanol–water partition coefficient (Wildman–Crippen LogP) is 2.80. The van der Waals surface area contributed by atoms with Gasteiger partial charge in [0.15, 0.2) is 0 Å². The normalized spacial score (nSPS) is 16.4. The van der Waals surface area contributed by atoms with E-state index in [0.29, 0.717) is 17.9 Å². The van der Waals surface area contributed by atoms with E-state index in [2.05, 4.69) is 13.8 Å². The Balaban J connectivity index is 3.27. The summed E-state index contributed by atoms with van der Waals surface area (Å²) in [5.74, 6) is 0.657. The van der Waals surface area contributed by atoms with Crippen molar-refractivity contribution in [1.29, 1.82) is 0 Å². The van der Waals surface area contributed by atoms with E-state index >= 15 is 0 Å². The number of rotatable bonds is 6. The van der Waals surface area contributed by atoms with E-state index in [-0.39, 0.29) is 0 Å². The lowest BCUT2D eigenvalue weighted by Crippen LogP contribution is -2.05. The third kappa shape index (κ3) is 6.64. The van der Waals surface area contributed by atoms with Crippen LogP contribution in [-0.4, -0.2) is 17.1 Å². The van der Waals surface area contributed by atoms with E-state index in [0.717, 1.165) is 25.7 Å². The molecule has 0 aliphatic rings. The van der Waals surface area contributed by atoms with Crippen molar-refractivity contribution in [3.8, 4) is 0 Å². The number of hydrogen-bond acceptors (Lipinski definition) is 1. The molecule has 0 heterocycles. The Hall–Kier alpha value is 0.250. The summed E-state index contributed by atoms with van der Waals surface area (Å²) in [6, 6.07) is 0. The van der Waals surface area contributed by atoms with Crippen LogP contribution < -0.4 is 0 Å². The summed E-state index contributed by atoms with van der Waals surface area (Å²) in [6.45, 7) is 4.61. The van der Waals surface area contributed by atoms with Crippen molar-refractivity contribution in [2.45, 2.75) is 44.9 Å². The van der Waals surface area contributed by atoms with Crippen molar-refractivity contribution in [2.24, 2.45) is 5.92 Å². The first-order valence-corrected chi connectivity index (χ1v) is 4.89. The first-order valence-electron chi connectivity index (χ1n) is 4.45. The fourth-order valence-corrected chi connectivity index (χ4v) is 1.47. The summed E-state index contributed by atoms with van der Waals surface area (Å²) >= 11 is 5.98. The highest BCUT2D eigenvalue weighted by Crippen LogP contribution is 2.17. The van der Waals surface area contributed by atoms with Crippen molar-refractivity contribution in [1.82, 2.24) is 0 Å². The molecule has 68 valence electrons. The minimum Gasteiger partial charge on any atom is -0.396 e. The monoisotopic (exact) mass is 178 g/mol. The van der Waals surface area contributed by atoms with Crippen molar-refractivity contribution in [3.05, 3.63) is 0 Å². The molecular formula is C9H19ClO. The summed E-state index contributed by atoms with van der Waals surface area (Å²) < 4.78 is 0. The molecule has 0 aromatic carbocycles. The average molecular weight is 179 g/mol. The Labute approximate surface area is 74.8 Å². The van der Waals surface area contributed by atoms with Crippen LogP contribution in [0.3, 0.4) is 0 Å². The van der Waals surface area contributed by atoms with Crippen LogP contribution in [-0.2, 0) is 0 Å². The second kappa shape index (κ2) is 6.93. The fraction of sp³-hybridized carbons (Fsp3) is 1.00. The van der Waals surface area contributed by atoms with Crippen molar-refractivity contribution >= 4 is 11.6 Å². The molecule has 0 aliphatic carbocycles. The highest BCUT2D eigenvalue weighted by molar-refractivity contribution is 6.20. The molecule has 11 heavy (non-hydrogen) atoms. The van der Waals surface area contributed by atoms with Crippen molar-refractivity contribution in [2.75, 3.05) is 6.61 Å². The third-order valence-corrected chi connectivity index (χ3v) is 2.44. The van der Waals surface area contributed by atoms with Gasteiger partial charge in [0.1, 0.15) is 0 Å². The molecule has 0 aromatic rings. The third-order valence-electron chi connectivity index (χ3n) is 1.96. The SMILES string of the molecule is CCC(Cl)CC(C)CCCO. The Morgan fingerprint density at radius 2 is 2.09 bits per heavy atom. The van der Waals surface area contributed by atoms with Gasteiger partial charge in [0.05, 0.1) is 0 Å². The van der Waals surface area contributed by atoms with Crippen LogP contribution in [0.1, 0.15) is 39.5 Å². The van der Waals surface area contributed by atoms with Crippen LogP contribution in [0.5, 0.6) is 0 Å². The number of aliphatic hydroxyl groups excluding tert-OH is 1. The molecule has 1 N–H and O–H groups in total. The molecule has 0 aliphatic heterocycles. The van der Waals surface area contributed by atoms with Gasteiger partial charge in [-0.05, 0) is 31.6 Å². The Morgan fingerprint density at radius 3 is 2.55 bits per heavy atom. The molecule has 0 spiro atoms. The molecule has 0 aromatic heterocycles. The lowest BCUT2D eigenvalue weighted by atomic mass is 9.99. The second-order valence-corrected chi connectivity index (χ2v) is 3.83. The van der Waals surface area contributed by atoms with Gasteiger partial charge in [-0.1, -0.05) is 13.8 Å². The molecule has 0 fully saturated rings. The minimum atomic E-state index is 0.309. The predicted molar refractivity (Wildman–Crippen MR) is 50.0 cm³/mol. The van der Waals surface area contributed by atoms with Gasteiger partial charge in [0.2, 0.25) is 0 Å². The maximum Gasteiger partial charge on any atom is 0.0431 e. The van der Waals surface area contributed by atoms with Crippen LogP contribution >= 0.6 is 11.6 Å². The Kier molecular flexibility index (Phi) is 7.09. The van der Waals surface area contributed by atoms with Gasteiger partial charge in [-0.15, -0.1) is 11.6 Å². The Morgan fingerprint density at radius 1 is 1.45 bits per heavy atom. The van der Waals surface area contributed by atoms with Crippen molar-refractivity contribution in [3.63, 3.8) is 0 Å². The molecule has 0 saturated heterocycles. The topological polar surface area (TPSA) is 20.2 Å². The molecule has 0 amide bonds. The zero-order chi connectivity index (χ0) is 8.69. The molecule has 2 heteroatoms. The quantitative estimate of drug-likeness (QED) is 0.621. The lowest BCUT2D eigenvalue weighted by Gasteiger charge is -2.13. The van der Waals surface area contributed by atoms with Crippen LogP contribution in [0.4, 0.5) is 0 Å². The standard InChI is InChI=1S/C9H19ClO/c1-3-9(10)7-8(2)5-4-6-11/h8-9,11H,3-7H2,1-2H3. The van der Waals surface area contributed by atoms with E-state index in [4.69, 9.17) is 16.7 Å². The van der Waals surface area contributed by atoms with E-state index in [1.165, 1.54) is 0 Å². The van der Waals surface area contributed by atoms with E-state index < -0.39 is 0 Å². The first kappa shape index (κ1) is 11.2. The first-order chi connectivity index (χ1) is 5.20. The van der Waals surface area contributed by atoms with Crippen LogP contribution in [0.15, 0.2) is 0 Å². The number of aliphatic hydroxyl groups is 1. The molecule has 0 rings (SSSR count). The summed E-state index contributed by atoms with van der Waals surface area (Å²) in [5, 5.41) is 8.90. The molecule has 2 atom stereocenters. The summed E-state index contributed by atoms with van der Waals surface area (Å²) in [6.07, 6.45) is 4.14. The van der Waals surface area contributed by atoms with Gasteiger partial charge >= 0.3 is 0 Å². The molecule has 0 saturated carbocycles. The minimum absolute atomic E-state index is 0.309. The number of halogens is 1. The highest BCUT2D eigenvalue weighted by Gasteiger charge is 2.07. The van der Waals surface area contributed by atoms with Crippen LogP contribution in [0, 0.1) is 5.92 Å². The van der Waals surface area contributed by atoms with Crippen molar-refractivity contribution < 1.29 is 5.11 Å². The van der Waals surface area contributed by atoms with Gasteiger partial charge in [0.25, 0.3) is 0 Å². The molecule has 2 unspecified atom stereocenters. The second-order valence-electron chi connectivity index (χ2n) is 3.21. The number of hydrogen-bond donors (Lipinski definition) is 1. The summed E-state index contributed by atoms with van der Waals surface area (Å²) in [5.41, 5.74) is 0. The van der Waals surface area contributed by atoms with E-state index in [9.17, 15) is 0 Å². The smallest absolute Gasteiger partial charge is 0.0431 e. The largest absolute Gasteiger partial charge is 0.396 e. The lowest BCUT2D eigenvalue weighted by molar-refractivity contribution is 0.271. The Bertz CT molecular complexity index is 85.6. The fourth-order valence-electron chi connectivity index (χ4n) is 1.16. The summed E-state index contributed by atoms with van der Waals surface area (Å²) in [4.78, 5) is 0. The van der Waals surface area contributed by atoms with Gasteiger partial charge in [-0.25, -0.2) is 0 Å². The maximum absolute atomic E-state index is 8.57. The molecular weight excluding hydrogens is 160 g/mol. The van der Waals surface area contributed by atoms with Crippen LogP contribution in [0.2, 0.25) is 0 Å². The molecule has 1 nitrogen and oxygen atoms in total. The van der Waals surface area contributed by atoms with Gasteiger partial charge in [-0.2, -0.15) is 0 Å². The molecule has 0 radical (unpaired) electrons. The maximum atomic E-state index is 8.57. The van der Waals surface area contributed by atoms with E-state index in [1.54, 1.807) is 0 Å². The number of alkyl halides is 1. The van der Waals surface area contributed by atoms with Gasteiger partial charge in [0, 0.05) is 12.0 Å². The van der Waals surface area contributed by atoms with Gasteiger partial charge in [-0.3, -0.25) is 0 Å². The van der Waals surface area contributed by atoms with Crippen LogP contribution in [0.25, 0.3) is 0 Å². The summed E-state index contributed by atoms with van der Waals surface area (Å²) in [7, 11) is 0. The average Bonchev–Trinajstić information content (AvgIpc) is 2.00. The highest BCUT2D eigenvalue weighted by atomic mass is 35.5. The van der Waals surface area contributed by atoms with Gasteiger partial charge < -0.3 is 5.11 Å². The zero-order valence-corrected chi connectivity index (χ0v) is 8.27. The molecule has 0 bridgehead atoms. The zero-order valence-electron chi connectivity index (χ0n) is 7.52. The van der Waals surface area contributed by atoms with E-state index in [1.807, 2.05) is 0 Å².